The van der Waals surface area contributed by atoms with E-state index in [4.69, 9.17) is 5.11 Å². The van der Waals surface area contributed by atoms with Gasteiger partial charge in [-0.1, -0.05) is 32.9 Å². The molecule has 2 N–H and O–H groups in total. The average molecular weight is 267 g/mol. The first-order valence-electron chi connectivity index (χ1n) is 6.05. The number of hydrogen-bond acceptors (Lipinski definition) is 3. The normalized spacial score (nSPS) is 11.5. The monoisotopic (exact) mass is 267 g/mol. The molecule has 0 fully saturated rings. The fraction of sp³-hybridized carbons (Fsp3) is 0.500. The standard InChI is InChI=1S/C14H21NO2S/c1-14(2,3)18-9-8-15-10-11-4-6-12(7-5-11)13(16)17/h4-7,15H,8-10H2,1-3H3,(H,16,17). The summed E-state index contributed by atoms with van der Waals surface area (Å²) in [5.41, 5.74) is 1.45. The molecule has 0 bridgehead atoms. The Hall–Kier alpha value is -1.00. The van der Waals surface area contributed by atoms with Gasteiger partial charge in [0.25, 0.3) is 0 Å². The van der Waals surface area contributed by atoms with Crippen molar-refractivity contribution in [1.29, 1.82) is 0 Å². The van der Waals surface area contributed by atoms with Gasteiger partial charge in [-0.25, -0.2) is 4.79 Å². The number of carbonyl (C=O) groups is 1. The van der Waals surface area contributed by atoms with Gasteiger partial charge in [-0.05, 0) is 17.7 Å². The first kappa shape index (κ1) is 15.1. The molecule has 0 aromatic heterocycles. The molecule has 0 heterocycles. The minimum atomic E-state index is -0.879. The Morgan fingerprint density at radius 3 is 2.39 bits per heavy atom. The lowest BCUT2D eigenvalue weighted by atomic mass is 10.1. The second kappa shape index (κ2) is 6.81. The molecular formula is C14H21NO2S. The summed E-state index contributed by atoms with van der Waals surface area (Å²) in [5.74, 6) is 0.201. The number of carboxylic acid groups (broad SMARTS) is 1. The Kier molecular flexibility index (Phi) is 5.69. The van der Waals surface area contributed by atoms with Crippen LogP contribution in [0, 0.1) is 0 Å². The van der Waals surface area contributed by atoms with E-state index in [1.54, 1.807) is 12.1 Å². The molecule has 0 spiro atoms. The van der Waals surface area contributed by atoms with Crippen LogP contribution in [-0.2, 0) is 6.54 Å². The number of hydrogen-bond donors (Lipinski definition) is 2. The lowest BCUT2D eigenvalue weighted by molar-refractivity contribution is 0.0697. The second-order valence-corrected chi connectivity index (χ2v) is 7.06. The Bertz CT molecular complexity index is 382. The van der Waals surface area contributed by atoms with Gasteiger partial charge < -0.3 is 10.4 Å². The molecule has 0 amide bonds. The molecule has 0 saturated carbocycles. The van der Waals surface area contributed by atoms with Crippen molar-refractivity contribution in [2.45, 2.75) is 32.1 Å². The lowest BCUT2D eigenvalue weighted by Crippen LogP contribution is -2.19. The molecule has 0 aliphatic carbocycles. The van der Waals surface area contributed by atoms with Crippen LogP contribution in [0.15, 0.2) is 24.3 Å². The molecule has 3 nitrogen and oxygen atoms in total. The largest absolute Gasteiger partial charge is 0.478 e. The molecule has 1 aromatic carbocycles. The number of thioether (sulfide) groups is 1. The van der Waals surface area contributed by atoms with Crippen LogP contribution in [-0.4, -0.2) is 28.1 Å². The van der Waals surface area contributed by atoms with Crippen molar-refractivity contribution >= 4 is 17.7 Å². The van der Waals surface area contributed by atoms with Crippen molar-refractivity contribution in [3.8, 4) is 0 Å². The summed E-state index contributed by atoms with van der Waals surface area (Å²) in [6.45, 7) is 8.38. The summed E-state index contributed by atoms with van der Waals surface area (Å²) in [6, 6.07) is 6.99. The van der Waals surface area contributed by atoms with Crippen molar-refractivity contribution in [2.75, 3.05) is 12.3 Å². The van der Waals surface area contributed by atoms with Gasteiger partial charge in [0.1, 0.15) is 0 Å². The third-order valence-corrected chi connectivity index (χ3v) is 3.62. The van der Waals surface area contributed by atoms with Gasteiger partial charge in [0.2, 0.25) is 0 Å². The molecule has 0 saturated heterocycles. The molecule has 1 aromatic rings. The van der Waals surface area contributed by atoms with Gasteiger partial charge in [-0.15, -0.1) is 0 Å². The number of nitrogens with one attached hydrogen (secondary N) is 1. The van der Waals surface area contributed by atoms with E-state index in [9.17, 15) is 4.79 Å². The van der Waals surface area contributed by atoms with E-state index in [1.165, 1.54) is 0 Å². The van der Waals surface area contributed by atoms with E-state index in [2.05, 4.69) is 26.1 Å². The van der Waals surface area contributed by atoms with E-state index in [0.29, 0.717) is 10.3 Å². The Balaban J connectivity index is 2.25. The molecule has 0 radical (unpaired) electrons. The molecular weight excluding hydrogens is 246 g/mol. The smallest absolute Gasteiger partial charge is 0.335 e. The first-order valence-corrected chi connectivity index (χ1v) is 7.04. The van der Waals surface area contributed by atoms with Crippen LogP contribution in [0.4, 0.5) is 0 Å². The quantitative estimate of drug-likeness (QED) is 0.778. The van der Waals surface area contributed by atoms with Gasteiger partial charge in [0, 0.05) is 23.6 Å². The summed E-state index contributed by atoms with van der Waals surface area (Å²) in [4.78, 5) is 10.7. The van der Waals surface area contributed by atoms with Gasteiger partial charge in [0.05, 0.1) is 5.56 Å². The summed E-state index contributed by atoms with van der Waals surface area (Å²) in [5, 5.41) is 12.1. The van der Waals surface area contributed by atoms with Crippen LogP contribution < -0.4 is 5.32 Å². The van der Waals surface area contributed by atoms with Gasteiger partial charge >= 0.3 is 5.97 Å². The van der Waals surface area contributed by atoms with Crippen molar-refractivity contribution in [1.82, 2.24) is 5.32 Å². The zero-order chi connectivity index (χ0) is 13.6. The predicted molar refractivity (Wildman–Crippen MR) is 77.3 cm³/mol. The Morgan fingerprint density at radius 2 is 1.89 bits per heavy atom. The summed E-state index contributed by atoms with van der Waals surface area (Å²) < 4.78 is 0.310. The average Bonchev–Trinajstić information content (AvgIpc) is 2.27. The first-order chi connectivity index (χ1) is 8.38. The minimum absolute atomic E-state index is 0.310. The number of rotatable bonds is 6. The zero-order valence-corrected chi connectivity index (χ0v) is 12.0. The SMILES string of the molecule is CC(C)(C)SCCNCc1ccc(C(=O)O)cc1. The molecule has 18 heavy (non-hydrogen) atoms. The Labute approximate surface area is 113 Å². The highest BCUT2D eigenvalue weighted by atomic mass is 32.2. The number of carboxylic acids is 1. The van der Waals surface area contributed by atoms with E-state index >= 15 is 0 Å². The van der Waals surface area contributed by atoms with Gasteiger partial charge in [0.15, 0.2) is 0 Å². The fourth-order valence-corrected chi connectivity index (χ4v) is 2.29. The van der Waals surface area contributed by atoms with E-state index in [0.717, 1.165) is 24.4 Å². The molecule has 100 valence electrons. The molecule has 4 heteroatoms. The summed E-state index contributed by atoms with van der Waals surface area (Å²) in [7, 11) is 0. The van der Waals surface area contributed by atoms with Crippen molar-refractivity contribution in [3.63, 3.8) is 0 Å². The van der Waals surface area contributed by atoms with Crippen LogP contribution in [0.3, 0.4) is 0 Å². The van der Waals surface area contributed by atoms with E-state index in [-0.39, 0.29) is 0 Å². The van der Waals surface area contributed by atoms with Crippen molar-refractivity contribution in [2.24, 2.45) is 0 Å². The second-order valence-electron chi connectivity index (χ2n) is 5.14. The highest BCUT2D eigenvalue weighted by Gasteiger charge is 2.09. The maximum Gasteiger partial charge on any atom is 0.335 e. The molecule has 0 aliphatic heterocycles. The lowest BCUT2D eigenvalue weighted by Gasteiger charge is -2.17. The zero-order valence-electron chi connectivity index (χ0n) is 11.2. The van der Waals surface area contributed by atoms with Crippen LogP contribution >= 0.6 is 11.8 Å². The van der Waals surface area contributed by atoms with Crippen molar-refractivity contribution in [3.05, 3.63) is 35.4 Å². The van der Waals surface area contributed by atoms with Crippen LogP contribution in [0.5, 0.6) is 0 Å². The van der Waals surface area contributed by atoms with E-state index < -0.39 is 5.97 Å². The number of benzene rings is 1. The molecule has 0 unspecified atom stereocenters. The highest BCUT2D eigenvalue weighted by Crippen LogP contribution is 2.22. The fourth-order valence-electron chi connectivity index (χ4n) is 1.43. The predicted octanol–water partition coefficient (Wildman–Crippen LogP) is 3.01. The summed E-state index contributed by atoms with van der Waals surface area (Å²) in [6.07, 6.45) is 0. The van der Waals surface area contributed by atoms with Crippen LogP contribution in [0.25, 0.3) is 0 Å². The summed E-state index contributed by atoms with van der Waals surface area (Å²) >= 11 is 1.93. The van der Waals surface area contributed by atoms with Crippen molar-refractivity contribution < 1.29 is 9.90 Å². The molecule has 0 atom stereocenters. The minimum Gasteiger partial charge on any atom is -0.478 e. The topological polar surface area (TPSA) is 49.3 Å². The maximum absolute atomic E-state index is 10.7. The molecule has 1 rings (SSSR count). The van der Waals surface area contributed by atoms with E-state index in [1.807, 2.05) is 23.9 Å². The maximum atomic E-state index is 10.7. The Morgan fingerprint density at radius 1 is 1.28 bits per heavy atom. The molecule has 0 aliphatic rings. The third kappa shape index (κ3) is 6.07. The third-order valence-electron chi connectivity index (χ3n) is 2.34. The van der Waals surface area contributed by atoms with Crippen LogP contribution in [0.2, 0.25) is 0 Å². The van der Waals surface area contributed by atoms with Gasteiger partial charge in [-0.3, -0.25) is 0 Å². The highest BCUT2D eigenvalue weighted by molar-refractivity contribution is 8.00. The number of aromatic carboxylic acids is 1. The van der Waals surface area contributed by atoms with Crippen LogP contribution in [0.1, 0.15) is 36.7 Å². The van der Waals surface area contributed by atoms with Gasteiger partial charge in [-0.2, -0.15) is 11.8 Å².